The lowest BCUT2D eigenvalue weighted by molar-refractivity contribution is -0.125. The summed E-state index contributed by atoms with van der Waals surface area (Å²) in [6.45, 7) is 4.23. The average Bonchev–Trinajstić information content (AvgIpc) is 2.85. The maximum atomic E-state index is 12.4. The third-order valence-corrected chi connectivity index (χ3v) is 4.53. The van der Waals surface area contributed by atoms with Crippen LogP contribution in [0.1, 0.15) is 24.5 Å². The molecule has 0 spiro atoms. The summed E-state index contributed by atoms with van der Waals surface area (Å²) in [5.74, 6) is 0.913. The number of benzene rings is 1. The van der Waals surface area contributed by atoms with Crippen LogP contribution in [0.15, 0.2) is 24.3 Å². The molecule has 3 heteroatoms. The summed E-state index contributed by atoms with van der Waals surface area (Å²) in [4.78, 5) is 12.4. The minimum absolute atomic E-state index is 0.138. The highest BCUT2D eigenvalue weighted by atomic mass is 16.1. The standard InChI is InChI=1S/C16H22N2O/c1-11-10-17-7-6-15(11)18-16(19)14-8-12-4-2-3-5-13(12)9-14/h2-5,11,14-15,17H,6-10H2,1H3,(H,18,19). The first-order valence-corrected chi connectivity index (χ1v) is 7.32. The smallest absolute Gasteiger partial charge is 0.224 e. The number of hydrogen-bond acceptors (Lipinski definition) is 2. The molecule has 0 radical (unpaired) electrons. The van der Waals surface area contributed by atoms with Crippen LogP contribution in [0, 0.1) is 11.8 Å². The lowest BCUT2D eigenvalue weighted by Crippen LogP contribution is -2.49. The van der Waals surface area contributed by atoms with Gasteiger partial charge in [0, 0.05) is 12.0 Å². The summed E-state index contributed by atoms with van der Waals surface area (Å²) in [6, 6.07) is 8.77. The van der Waals surface area contributed by atoms with E-state index in [-0.39, 0.29) is 11.8 Å². The first-order valence-electron chi connectivity index (χ1n) is 7.32. The van der Waals surface area contributed by atoms with Crippen LogP contribution in [-0.4, -0.2) is 25.0 Å². The molecule has 3 nitrogen and oxygen atoms in total. The Morgan fingerprint density at radius 2 is 1.95 bits per heavy atom. The second-order valence-corrected chi connectivity index (χ2v) is 5.96. The molecule has 1 aliphatic heterocycles. The van der Waals surface area contributed by atoms with Gasteiger partial charge in [0.2, 0.25) is 5.91 Å². The summed E-state index contributed by atoms with van der Waals surface area (Å²) >= 11 is 0. The van der Waals surface area contributed by atoms with Crippen molar-refractivity contribution in [2.75, 3.05) is 13.1 Å². The molecular formula is C16H22N2O. The zero-order valence-corrected chi connectivity index (χ0v) is 11.5. The Balaban J connectivity index is 1.60. The van der Waals surface area contributed by atoms with E-state index in [1.165, 1.54) is 11.1 Å². The molecule has 19 heavy (non-hydrogen) atoms. The van der Waals surface area contributed by atoms with E-state index in [4.69, 9.17) is 0 Å². The number of carbonyl (C=O) groups is 1. The van der Waals surface area contributed by atoms with Gasteiger partial charge in [-0.1, -0.05) is 31.2 Å². The molecule has 2 N–H and O–H groups in total. The molecule has 0 saturated carbocycles. The summed E-state index contributed by atoms with van der Waals surface area (Å²) < 4.78 is 0. The van der Waals surface area contributed by atoms with E-state index < -0.39 is 0 Å². The van der Waals surface area contributed by atoms with Crippen molar-refractivity contribution in [2.45, 2.75) is 32.2 Å². The van der Waals surface area contributed by atoms with Crippen molar-refractivity contribution in [3.63, 3.8) is 0 Å². The number of hydrogen-bond donors (Lipinski definition) is 2. The van der Waals surface area contributed by atoms with Gasteiger partial charge < -0.3 is 10.6 Å². The molecule has 1 saturated heterocycles. The van der Waals surface area contributed by atoms with Gasteiger partial charge in [-0.05, 0) is 49.4 Å². The van der Waals surface area contributed by atoms with Crippen molar-refractivity contribution in [1.82, 2.24) is 10.6 Å². The van der Waals surface area contributed by atoms with Gasteiger partial charge in [-0.2, -0.15) is 0 Å². The topological polar surface area (TPSA) is 41.1 Å². The van der Waals surface area contributed by atoms with Gasteiger partial charge in [-0.15, -0.1) is 0 Å². The van der Waals surface area contributed by atoms with Gasteiger partial charge >= 0.3 is 0 Å². The average molecular weight is 258 g/mol. The Morgan fingerprint density at radius 1 is 1.26 bits per heavy atom. The molecule has 1 aromatic rings. The molecule has 102 valence electrons. The zero-order valence-electron chi connectivity index (χ0n) is 11.5. The lowest BCUT2D eigenvalue weighted by Gasteiger charge is -2.31. The van der Waals surface area contributed by atoms with E-state index in [2.05, 4.69) is 41.8 Å². The van der Waals surface area contributed by atoms with Crippen LogP contribution in [0.2, 0.25) is 0 Å². The van der Waals surface area contributed by atoms with E-state index in [0.29, 0.717) is 12.0 Å². The highest BCUT2D eigenvalue weighted by Gasteiger charge is 2.30. The number of carbonyl (C=O) groups excluding carboxylic acids is 1. The molecule has 2 unspecified atom stereocenters. The molecule has 0 aromatic heterocycles. The number of nitrogens with one attached hydrogen (secondary N) is 2. The van der Waals surface area contributed by atoms with Crippen LogP contribution >= 0.6 is 0 Å². The Labute approximate surface area is 114 Å². The minimum atomic E-state index is 0.138. The normalized spacial score (nSPS) is 27.0. The molecule has 2 aliphatic rings. The highest BCUT2D eigenvalue weighted by Crippen LogP contribution is 2.27. The van der Waals surface area contributed by atoms with Gasteiger partial charge in [-0.25, -0.2) is 0 Å². The minimum Gasteiger partial charge on any atom is -0.353 e. The number of fused-ring (bicyclic) bond motifs is 1. The largest absolute Gasteiger partial charge is 0.353 e. The van der Waals surface area contributed by atoms with Gasteiger partial charge in [0.05, 0.1) is 0 Å². The van der Waals surface area contributed by atoms with Crippen LogP contribution in [0.25, 0.3) is 0 Å². The van der Waals surface area contributed by atoms with Crippen molar-refractivity contribution in [1.29, 1.82) is 0 Å². The molecule has 2 atom stereocenters. The van der Waals surface area contributed by atoms with E-state index in [0.717, 1.165) is 32.4 Å². The van der Waals surface area contributed by atoms with Crippen LogP contribution < -0.4 is 10.6 Å². The molecule has 1 aromatic carbocycles. The molecule has 1 amide bonds. The second kappa shape index (κ2) is 5.33. The predicted molar refractivity (Wildman–Crippen MR) is 75.9 cm³/mol. The summed E-state index contributed by atoms with van der Waals surface area (Å²) in [6.07, 6.45) is 2.86. The van der Waals surface area contributed by atoms with E-state index in [1.54, 1.807) is 0 Å². The van der Waals surface area contributed by atoms with Crippen LogP contribution in [0.4, 0.5) is 0 Å². The monoisotopic (exact) mass is 258 g/mol. The number of rotatable bonds is 2. The quantitative estimate of drug-likeness (QED) is 0.844. The highest BCUT2D eigenvalue weighted by molar-refractivity contribution is 5.80. The van der Waals surface area contributed by atoms with Crippen molar-refractivity contribution in [2.24, 2.45) is 11.8 Å². The van der Waals surface area contributed by atoms with Crippen LogP contribution in [-0.2, 0) is 17.6 Å². The van der Waals surface area contributed by atoms with E-state index >= 15 is 0 Å². The third kappa shape index (κ3) is 2.66. The van der Waals surface area contributed by atoms with Gasteiger partial charge in [0.15, 0.2) is 0 Å². The Morgan fingerprint density at radius 3 is 2.58 bits per heavy atom. The first kappa shape index (κ1) is 12.7. The Bertz CT molecular complexity index is 447. The molecular weight excluding hydrogens is 236 g/mol. The van der Waals surface area contributed by atoms with Gasteiger partial charge in [0.1, 0.15) is 0 Å². The maximum Gasteiger partial charge on any atom is 0.224 e. The summed E-state index contributed by atoms with van der Waals surface area (Å²) in [5.41, 5.74) is 2.70. The van der Waals surface area contributed by atoms with E-state index in [1.807, 2.05) is 0 Å². The number of piperidine rings is 1. The maximum absolute atomic E-state index is 12.4. The van der Waals surface area contributed by atoms with Gasteiger partial charge in [-0.3, -0.25) is 4.79 Å². The fourth-order valence-corrected chi connectivity index (χ4v) is 3.27. The van der Waals surface area contributed by atoms with Crippen molar-refractivity contribution in [3.8, 4) is 0 Å². The lowest BCUT2D eigenvalue weighted by atomic mass is 9.94. The third-order valence-electron chi connectivity index (χ3n) is 4.53. The molecule has 1 heterocycles. The first-order chi connectivity index (χ1) is 9.24. The van der Waals surface area contributed by atoms with Crippen molar-refractivity contribution >= 4 is 5.91 Å². The molecule has 3 rings (SSSR count). The predicted octanol–water partition coefficient (Wildman–Crippen LogP) is 1.52. The molecule has 0 bridgehead atoms. The zero-order chi connectivity index (χ0) is 13.2. The van der Waals surface area contributed by atoms with Crippen molar-refractivity contribution in [3.05, 3.63) is 35.4 Å². The SMILES string of the molecule is CC1CNCCC1NC(=O)C1Cc2ccccc2C1. The van der Waals surface area contributed by atoms with Gasteiger partial charge in [0.25, 0.3) is 0 Å². The Hall–Kier alpha value is -1.35. The second-order valence-electron chi connectivity index (χ2n) is 5.96. The van der Waals surface area contributed by atoms with E-state index in [9.17, 15) is 4.79 Å². The molecule has 1 aliphatic carbocycles. The number of amides is 1. The summed E-state index contributed by atoms with van der Waals surface area (Å²) in [5, 5.41) is 6.64. The van der Waals surface area contributed by atoms with Crippen LogP contribution in [0.3, 0.4) is 0 Å². The molecule has 1 fully saturated rings. The van der Waals surface area contributed by atoms with Crippen LogP contribution in [0.5, 0.6) is 0 Å². The summed E-state index contributed by atoms with van der Waals surface area (Å²) in [7, 11) is 0. The Kier molecular flexibility index (Phi) is 3.56. The van der Waals surface area contributed by atoms with Crippen molar-refractivity contribution < 1.29 is 4.79 Å². The fourth-order valence-electron chi connectivity index (χ4n) is 3.27. The fraction of sp³-hybridized carbons (Fsp3) is 0.562.